The number of aromatic hydroxyl groups is 1. The summed E-state index contributed by atoms with van der Waals surface area (Å²) in [4.78, 5) is 62.9. The highest BCUT2D eigenvalue weighted by atomic mass is 28.5. The van der Waals surface area contributed by atoms with Crippen LogP contribution in [0.2, 0.25) is 229 Å². The van der Waals surface area contributed by atoms with Crippen LogP contribution in [-0.2, 0) is 50.0 Å². The molecule has 0 heterocycles. The molecule has 0 aliphatic carbocycles. The maximum Gasteiger partial charge on any atom is 0.541 e. The Morgan fingerprint density at radius 2 is 0.485 bits per heavy atom. The zero-order valence-electron chi connectivity index (χ0n) is 88.2. The van der Waals surface area contributed by atoms with Gasteiger partial charge >= 0.3 is 43.8 Å². The predicted molar refractivity (Wildman–Crippen MR) is 573 cm³/mol. The van der Waals surface area contributed by atoms with Crippen molar-refractivity contribution in [3.8, 4) is 28.7 Å². The van der Waals surface area contributed by atoms with Gasteiger partial charge in [0.2, 0.25) is 0 Å². The Hall–Kier alpha value is -4.08. The molecule has 0 atom stereocenters. The van der Waals surface area contributed by atoms with Gasteiger partial charge in [-0.1, -0.05) is 61.6 Å². The molecule has 0 spiro atoms. The molecule has 0 bridgehead atoms. The summed E-state index contributed by atoms with van der Waals surface area (Å²) in [5, 5.41) is 18.4. The third-order valence-corrected chi connectivity index (χ3v) is 59.4. The molecule has 5 aromatic carbocycles. The summed E-state index contributed by atoms with van der Waals surface area (Å²) in [5.74, 6) is 2.52. The van der Waals surface area contributed by atoms with Gasteiger partial charge in [0, 0.05) is 64.8 Å². The third kappa shape index (κ3) is 53.0. The van der Waals surface area contributed by atoms with E-state index in [1.807, 2.05) is 128 Å². The SMILES string of the molecule is C.C=CCOc1ccc(C(=O)C(C)(C)C)cc1.CC(C)(C)C(=O)c1ccc(O[Si](C)(O[Si](C)(C)C)O[Si](C)(C)C)cc1.CC(C)(O)C(=O)c1ccc(O)cc1.CC(C)(O[Si](C)(O[Si](C)(C)C)O[Si](C)(C)C)C(=O)c1ccc(OC[Si](C)(O[Si](C)(C)C)O[Si](C)(C)C)cc1.CC(C)(O[Si](C)(O[Si](C)(C)C)O[Si](C)(C)C)C(=O)c1ccc(O[Si](C)(O[Si](C)(C)C)O[Si](C)(C)C)cc1. The van der Waals surface area contributed by atoms with Crippen molar-refractivity contribution in [1.29, 1.82) is 0 Å². The Bertz CT molecular complexity index is 4290. The van der Waals surface area contributed by atoms with E-state index < -0.39 is 149 Å². The second-order valence-electron chi connectivity index (χ2n) is 46.4. The van der Waals surface area contributed by atoms with E-state index in [1.165, 1.54) is 38.1 Å². The Morgan fingerprint density at radius 3 is 0.700 bits per heavy atom. The Morgan fingerprint density at radius 1 is 0.285 bits per heavy atom. The molecule has 38 heteroatoms. The maximum atomic E-state index is 13.6. The van der Waals surface area contributed by atoms with Gasteiger partial charge in [0.25, 0.3) is 0 Å². The summed E-state index contributed by atoms with van der Waals surface area (Å²) in [7, 11) is -33.4. The van der Waals surface area contributed by atoms with Crippen LogP contribution in [0.4, 0.5) is 0 Å². The highest BCUT2D eigenvalue weighted by Gasteiger charge is 2.53. The van der Waals surface area contributed by atoms with Crippen molar-refractivity contribution in [1.82, 2.24) is 0 Å². The number of carbonyl (C=O) groups excluding carboxylic acids is 5. The summed E-state index contributed by atoms with van der Waals surface area (Å²) < 4.78 is 101. The van der Waals surface area contributed by atoms with E-state index in [0.29, 0.717) is 52.3 Å². The highest BCUT2D eigenvalue weighted by molar-refractivity contribution is 6.89. The average molecular weight is 2070 g/mol. The minimum Gasteiger partial charge on any atom is -0.508 e. The molecule has 0 aromatic heterocycles. The monoisotopic (exact) mass is 2070 g/mol. The average Bonchev–Trinajstić information content (AvgIpc) is 0.789. The Kier molecular flexibility index (Phi) is 46.5. The predicted octanol–water partition coefficient (Wildman–Crippen LogP) is 26.2. The van der Waals surface area contributed by atoms with Crippen LogP contribution in [0, 0.1) is 10.8 Å². The largest absolute Gasteiger partial charge is 0.541 e. The smallest absolute Gasteiger partial charge is 0.508 e. The molecule has 0 fully saturated rings. The second kappa shape index (κ2) is 48.0. The molecule has 740 valence electrons. The number of aliphatic hydroxyl groups is 1. The molecular weight excluding hydrogens is 1890 g/mol. The van der Waals surface area contributed by atoms with Crippen molar-refractivity contribution >= 4 is 156 Å². The van der Waals surface area contributed by atoms with Crippen LogP contribution in [0.25, 0.3) is 0 Å². The lowest BCUT2D eigenvalue weighted by molar-refractivity contribution is 0.0312. The van der Waals surface area contributed by atoms with Gasteiger partial charge in [-0.2, -0.15) is 0 Å². The van der Waals surface area contributed by atoms with Crippen LogP contribution in [0.15, 0.2) is 134 Å². The zero-order chi connectivity index (χ0) is 101. The Balaban J connectivity index is 0.00000168. The second-order valence-corrected chi connectivity index (χ2v) is 107. The quantitative estimate of drug-likeness (QED) is 0.0209. The van der Waals surface area contributed by atoms with E-state index in [0.717, 1.165) is 11.3 Å². The van der Waals surface area contributed by atoms with Crippen molar-refractivity contribution in [3.05, 3.63) is 162 Å². The molecule has 2 N–H and O–H groups in total. The topological polar surface area (TPSA) is 273 Å². The first-order valence-electron chi connectivity index (χ1n) is 44.4. The van der Waals surface area contributed by atoms with Gasteiger partial charge in [-0.25, -0.2) is 0 Å². The molecular formula is C92H174O23Si15. The van der Waals surface area contributed by atoms with Crippen LogP contribution >= 0.6 is 0 Å². The number of phenolic OH excluding ortho intramolecular Hbond substituents is 1. The molecule has 5 rings (SSSR count). The number of rotatable bonds is 42. The fraction of sp³-hybridized carbons (Fsp3) is 0.598. The van der Waals surface area contributed by atoms with E-state index in [-0.39, 0.29) is 47.5 Å². The molecule has 0 aliphatic heterocycles. The molecule has 0 amide bonds. The summed E-state index contributed by atoms with van der Waals surface area (Å²) in [6, 6.07) is 34.7. The van der Waals surface area contributed by atoms with Gasteiger partial charge < -0.3 is 78.5 Å². The molecule has 0 saturated heterocycles. The van der Waals surface area contributed by atoms with Crippen LogP contribution in [0.5, 0.6) is 28.7 Å². The van der Waals surface area contributed by atoms with Crippen LogP contribution in [0.3, 0.4) is 0 Å². The summed E-state index contributed by atoms with van der Waals surface area (Å²) in [6.45, 7) is 99.5. The summed E-state index contributed by atoms with van der Waals surface area (Å²) in [6.07, 6.45) is 2.09. The van der Waals surface area contributed by atoms with Crippen LogP contribution < -0.4 is 18.3 Å². The van der Waals surface area contributed by atoms with E-state index >= 15 is 0 Å². The first kappa shape index (κ1) is 126. The number of ether oxygens (including phenoxy) is 2. The molecule has 23 nitrogen and oxygen atoms in total. The number of hydrogen-bond donors (Lipinski definition) is 2. The number of Topliss-reactive ketones (excluding diaryl/α,β-unsaturated/α-hetero) is 5. The highest BCUT2D eigenvalue weighted by Crippen LogP contribution is 2.36. The van der Waals surface area contributed by atoms with Crippen molar-refractivity contribution in [3.63, 3.8) is 0 Å². The Labute approximate surface area is 803 Å². The van der Waals surface area contributed by atoms with Crippen LogP contribution in [0.1, 0.15) is 142 Å². The van der Waals surface area contributed by atoms with Gasteiger partial charge in [0.1, 0.15) is 58.4 Å². The number of hydrogen-bond acceptors (Lipinski definition) is 23. The first-order chi connectivity index (χ1) is 57.1. The van der Waals surface area contributed by atoms with Gasteiger partial charge in [-0.3, -0.25) is 24.0 Å². The molecule has 0 unspecified atom stereocenters. The lowest BCUT2D eigenvalue weighted by atomic mass is 9.86. The van der Waals surface area contributed by atoms with Crippen molar-refractivity contribution in [2.45, 2.75) is 336 Å². The first-order valence-corrected chi connectivity index (χ1v) is 90.0. The number of carbonyl (C=O) groups is 5. The third-order valence-electron chi connectivity index (χ3n) is 15.9. The minimum absolute atomic E-state index is 0. The molecule has 0 saturated carbocycles. The van der Waals surface area contributed by atoms with E-state index in [4.69, 9.17) is 73.4 Å². The summed E-state index contributed by atoms with van der Waals surface area (Å²) in [5.41, 5.74) is -1.43. The van der Waals surface area contributed by atoms with E-state index in [2.05, 4.69) is 210 Å². The molecule has 130 heavy (non-hydrogen) atoms. The lowest BCUT2D eigenvalue weighted by Gasteiger charge is -2.41. The lowest BCUT2D eigenvalue weighted by Crippen LogP contribution is -2.59. The van der Waals surface area contributed by atoms with Gasteiger partial charge in [-0.15, -0.1) is 0 Å². The van der Waals surface area contributed by atoms with Gasteiger partial charge in [-0.05, 0) is 366 Å². The fourth-order valence-electron chi connectivity index (χ4n) is 13.2. The van der Waals surface area contributed by atoms with E-state index in [1.54, 1.807) is 70.2 Å². The minimum atomic E-state index is -3.08. The maximum absolute atomic E-state index is 13.6. The van der Waals surface area contributed by atoms with Crippen molar-refractivity contribution < 1.29 is 103 Å². The number of benzene rings is 5. The van der Waals surface area contributed by atoms with Crippen molar-refractivity contribution in [2.24, 2.45) is 10.8 Å². The van der Waals surface area contributed by atoms with Gasteiger partial charge in [0.15, 0.2) is 112 Å². The van der Waals surface area contributed by atoms with Crippen molar-refractivity contribution in [2.75, 3.05) is 12.8 Å². The molecule has 0 aliphatic rings. The molecule has 0 radical (unpaired) electrons. The number of ketones is 5. The zero-order valence-corrected chi connectivity index (χ0v) is 103. The molecule has 5 aromatic rings. The van der Waals surface area contributed by atoms with Crippen LogP contribution in [-0.4, -0.2) is 196 Å². The van der Waals surface area contributed by atoms with Gasteiger partial charge in [0.05, 0.1) is 0 Å². The normalized spacial score (nSPS) is 13.5. The summed E-state index contributed by atoms with van der Waals surface area (Å²) >= 11 is 0. The standard InChI is InChI=1S/C25H54O7Si6.C24H52O7Si6.C18H34O4Si3.C14H18O2.C10H12O3.CH4/c1-25(2,28-38(16,31-35(9,10)11)32-36(12,13)14)24(26)22-17-19-23(20-18-22)27-21-37(15,29-33(3,4)5)30-34(6,7)8;1-24(2,27-37(16,30-34(9,10)11)31-35(12,13)14)23(25)21-17-19-22(20-18-21)26-36(15,28-32(3,4)5)29-33(6,7)8;1-18(2,3)17(19)15-11-13-16(14-12-15)20-25(10,21-23(4,5)6)22-24(7,8)9;1-5-10-16-12-8-6-11(7-9-12)13(15)14(2,3)4;1-10(2,13)9(12)7-3-5-8(11)6-4-7;/h17-20H,21H2,1-16H3;17-20H,1-16H3;11-14H,1-10H3;5-9H,1,10H2,2-4H3;3-6,11,13H,1-2H3;1H4. The number of phenols is 1. The fourth-order valence-corrected chi connectivity index (χ4v) is 67.2. The van der Waals surface area contributed by atoms with E-state index in [9.17, 15) is 29.1 Å².